The molecule has 4 heteroatoms. The quantitative estimate of drug-likeness (QED) is 0.644. The van der Waals surface area contributed by atoms with E-state index in [1.165, 1.54) is 0 Å². The molecule has 2 rings (SSSR count). The maximum atomic E-state index is 7.33. The number of ether oxygens (including phenoxy) is 1. The minimum Gasteiger partial charge on any atom is -0.492 e. The Bertz CT molecular complexity index is 402. The molecule has 16 heavy (non-hydrogen) atoms. The van der Waals surface area contributed by atoms with Crippen molar-refractivity contribution in [3.63, 3.8) is 0 Å². The van der Waals surface area contributed by atoms with Crippen LogP contribution in [0.5, 0.6) is 5.75 Å². The van der Waals surface area contributed by atoms with Gasteiger partial charge in [0.2, 0.25) is 0 Å². The van der Waals surface area contributed by atoms with Gasteiger partial charge in [0.1, 0.15) is 5.75 Å². The molecule has 0 spiro atoms. The van der Waals surface area contributed by atoms with E-state index < -0.39 is 0 Å². The summed E-state index contributed by atoms with van der Waals surface area (Å²) in [7, 11) is 0. The SMILES string of the molecule is N=C(N)CC1(COc2ccccc2Br)CC1. The highest BCUT2D eigenvalue weighted by atomic mass is 79.9. The maximum absolute atomic E-state index is 7.33. The number of rotatable bonds is 5. The fraction of sp³-hybridized carbons (Fsp3) is 0.417. The third-order valence-corrected chi connectivity index (χ3v) is 3.55. The van der Waals surface area contributed by atoms with Gasteiger partial charge in [-0.3, -0.25) is 5.41 Å². The van der Waals surface area contributed by atoms with E-state index in [0.29, 0.717) is 13.0 Å². The predicted molar refractivity (Wildman–Crippen MR) is 67.8 cm³/mol. The average Bonchev–Trinajstić information content (AvgIpc) is 2.96. The van der Waals surface area contributed by atoms with Gasteiger partial charge in [-0.15, -0.1) is 0 Å². The van der Waals surface area contributed by atoms with Crippen LogP contribution in [0.1, 0.15) is 19.3 Å². The van der Waals surface area contributed by atoms with Crippen molar-refractivity contribution in [2.75, 3.05) is 6.61 Å². The molecule has 3 nitrogen and oxygen atoms in total. The fourth-order valence-corrected chi connectivity index (χ4v) is 2.14. The first-order valence-corrected chi connectivity index (χ1v) is 6.11. The molecule has 0 unspecified atom stereocenters. The van der Waals surface area contributed by atoms with Crippen LogP contribution in [0.2, 0.25) is 0 Å². The predicted octanol–water partition coefficient (Wildman–Crippen LogP) is 2.93. The van der Waals surface area contributed by atoms with E-state index in [2.05, 4.69) is 15.9 Å². The highest BCUT2D eigenvalue weighted by Gasteiger charge is 2.44. The standard InChI is InChI=1S/C12H15BrN2O/c13-9-3-1-2-4-10(9)16-8-12(5-6-12)7-11(14)15/h1-4H,5-8H2,(H3,14,15). The molecule has 0 radical (unpaired) electrons. The van der Waals surface area contributed by atoms with E-state index in [0.717, 1.165) is 23.1 Å². The maximum Gasteiger partial charge on any atom is 0.133 e. The van der Waals surface area contributed by atoms with Crippen LogP contribution in [0, 0.1) is 10.8 Å². The van der Waals surface area contributed by atoms with E-state index in [1.54, 1.807) is 0 Å². The van der Waals surface area contributed by atoms with Crippen molar-refractivity contribution in [1.29, 1.82) is 5.41 Å². The summed E-state index contributed by atoms with van der Waals surface area (Å²) in [4.78, 5) is 0. The van der Waals surface area contributed by atoms with Gasteiger partial charge >= 0.3 is 0 Å². The number of para-hydroxylation sites is 1. The van der Waals surface area contributed by atoms with Gasteiger partial charge in [0.05, 0.1) is 16.9 Å². The molecule has 1 saturated carbocycles. The lowest BCUT2D eigenvalue weighted by molar-refractivity contribution is 0.237. The Labute approximate surface area is 104 Å². The minimum absolute atomic E-state index is 0.126. The lowest BCUT2D eigenvalue weighted by Crippen LogP contribution is -2.21. The number of amidine groups is 1. The van der Waals surface area contributed by atoms with Crippen LogP contribution >= 0.6 is 15.9 Å². The van der Waals surface area contributed by atoms with Gasteiger partial charge in [-0.1, -0.05) is 12.1 Å². The fourth-order valence-electron chi connectivity index (χ4n) is 1.75. The number of benzene rings is 1. The molecule has 0 bridgehead atoms. The monoisotopic (exact) mass is 282 g/mol. The molecule has 1 aliphatic carbocycles. The lowest BCUT2D eigenvalue weighted by atomic mass is 10.0. The zero-order valence-corrected chi connectivity index (χ0v) is 10.6. The van der Waals surface area contributed by atoms with Crippen molar-refractivity contribution in [3.8, 4) is 5.75 Å². The van der Waals surface area contributed by atoms with Crippen LogP contribution in [-0.4, -0.2) is 12.4 Å². The molecule has 0 aromatic heterocycles. The second kappa shape index (κ2) is 4.45. The summed E-state index contributed by atoms with van der Waals surface area (Å²) in [6, 6.07) is 7.80. The Morgan fingerprint density at radius 2 is 2.12 bits per heavy atom. The summed E-state index contributed by atoms with van der Waals surface area (Å²) in [5.74, 6) is 1.12. The molecule has 0 atom stereocenters. The molecule has 0 amide bonds. The number of hydrogen-bond donors (Lipinski definition) is 2. The van der Waals surface area contributed by atoms with E-state index in [1.807, 2.05) is 24.3 Å². The van der Waals surface area contributed by atoms with E-state index in [9.17, 15) is 0 Å². The van der Waals surface area contributed by atoms with Crippen LogP contribution in [0.3, 0.4) is 0 Å². The summed E-state index contributed by atoms with van der Waals surface area (Å²) in [5, 5.41) is 7.33. The first-order valence-electron chi connectivity index (χ1n) is 5.32. The molecular weight excluding hydrogens is 268 g/mol. The molecule has 0 saturated heterocycles. The summed E-state index contributed by atoms with van der Waals surface area (Å²) in [6.45, 7) is 0.648. The Morgan fingerprint density at radius 1 is 1.44 bits per heavy atom. The first kappa shape index (κ1) is 11.5. The van der Waals surface area contributed by atoms with Crippen molar-refractivity contribution < 1.29 is 4.74 Å². The van der Waals surface area contributed by atoms with Gasteiger partial charge in [-0.25, -0.2) is 0 Å². The van der Waals surface area contributed by atoms with E-state index in [-0.39, 0.29) is 11.3 Å². The van der Waals surface area contributed by atoms with Gasteiger partial charge in [-0.05, 0) is 40.9 Å². The molecular formula is C12H15BrN2O. The zero-order valence-electron chi connectivity index (χ0n) is 9.00. The van der Waals surface area contributed by atoms with Crippen LogP contribution in [0.25, 0.3) is 0 Å². The third kappa shape index (κ3) is 2.76. The van der Waals surface area contributed by atoms with Crippen LogP contribution in [0.4, 0.5) is 0 Å². The van der Waals surface area contributed by atoms with Gasteiger partial charge < -0.3 is 10.5 Å². The number of halogens is 1. The molecule has 86 valence electrons. The molecule has 1 aromatic carbocycles. The van der Waals surface area contributed by atoms with E-state index >= 15 is 0 Å². The van der Waals surface area contributed by atoms with Crippen LogP contribution < -0.4 is 10.5 Å². The third-order valence-electron chi connectivity index (χ3n) is 2.89. The number of hydrogen-bond acceptors (Lipinski definition) is 2. The summed E-state index contributed by atoms with van der Waals surface area (Å²) < 4.78 is 6.73. The summed E-state index contributed by atoms with van der Waals surface area (Å²) in [5.41, 5.74) is 5.56. The molecule has 3 N–H and O–H groups in total. The van der Waals surface area contributed by atoms with Gasteiger partial charge in [0, 0.05) is 11.8 Å². The zero-order chi connectivity index (χ0) is 11.6. The van der Waals surface area contributed by atoms with Gasteiger partial charge in [0.25, 0.3) is 0 Å². The highest BCUT2D eigenvalue weighted by Crippen LogP contribution is 2.49. The molecule has 0 heterocycles. The van der Waals surface area contributed by atoms with Crippen molar-refractivity contribution >= 4 is 21.8 Å². The normalized spacial score (nSPS) is 16.8. The summed E-state index contributed by atoms with van der Waals surface area (Å²) in [6.07, 6.45) is 2.87. The minimum atomic E-state index is 0.126. The molecule has 1 aromatic rings. The average molecular weight is 283 g/mol. The van der Waals surface area contributed by atoms with Crippen molar-refractivity contribution in [3.05, 3.63) is 28.7 Å². The van der Waals surface area contributed by atoms with Crippen molar-refractivity contribution in [2.45, 2.75) is 19.3 Å². The number of nitrogens with two attached hydrogens (primary N) is 1. The van der Waals surface area contributed by atoms with Crippen LogP contribution in [-0.2, 0) is 0 Å². The Hall–Kier alpha value is -1.03. The highest BCUT2D eigenvalue weighted by molar-refractivity contribution is 9.10. The molecule has 0 aliphatic heterocycles. The van der Waals surface area contributed by atoms with Gasteiger partial charge in [0.15, 0.2) is 0 Å². The largest absolute Gasteiger partial charge is 0.492 e. The second-order valence-electron chi connectivity index (χ2n) is 4.42. The van der Waals surface area contributed by atoms with Crippen LogP contribution in [0.15, 0.2) is 28.7 Å². The topological polar surface area (TPSA) is 59.1 Å². The Kier molecular flexibility index (Phi) is 3.19. The Morgan fingerprint density at radius 3 is 2.69 bits per heavy atom. The van der Waals surface area contributed by atoms with E-state index in [4.69, 9.17) is 15.9 Å². The van der Waals surface area contributed by atoms with Crippen molar-refractivity contribution in [1.82, 2.24) is 0 Å². The van der Waals surface area contributed by atoms with Crippen molar-refractivity contribution in [2.24, 2.45) is 11.1 Å². The molecule has 1 fully saturated rings. The second-order valence-corrected chi connectivity index (χ2v) is 5.28. The van der Waals surface area contributed by atoms with Gasteiger partial charge in [-0.2, -0.15) is 0 Å². The number of nitrogens with one attached hydrogen (secondary N) is 1. The summed E-state index contributed by atoms with van der Waals surface area (Å²) >= 11 is 3.44. The molecule has 1 aliphatic rings. The lowest BCUT2D eigenvalue weighted by Gasteiger charge is -2.16. The Balaban J connectivity index is 1.93. The first-order chi connectivity index (χ1) is 7.61. The smallest absolute Gasteiger partial charge is 0.133 e.